The van der Waals surface area contributed by atoms with Gasteiger partial charge in [0, 0.05) is 0 Å². The average molecular weight is 350 g/mol. The minimum absolute atomic E-state index is 0.0467. The Labute approximate surface area is 128 Å². The van der Waals surface area contributed by atoms with E-state index in [4.69, 9.17) is 9.31 Å². The molecule has 102 valence electrons. The van der Waals surface area contributed by atoms with E-state index in [1.807, 2.05) is 4.72 Å². The summed E-state index contributed by atoms with van der Waals surface area (Å²) in [6, 6.07) is 0. The Morgan fingerprint density at radius 2 is 1.90 bits per heavy atom. The van der Waals surface area contributed by atoms with Crippen LogP contribution < -0.4 is 4.72 Å². The Kier molecular flexibility index (Phi) is 3.67. The Morgan fingerprint density at radius 3 is 2.40 bits per heavy atom. The van der Waals surface area contributed by atoms with Crippen molar-refractivity contribution >= 4 is 43.9 Å². The van der Waals surface area contributed by atoms with Gasteiger partial charge in [-0.05, 0) is 15.9 Å². The van der Waals surface area contributed by atoms with Crippen LogP contribution in [-0.4, -0.2) is 45.2 Å². The summed E-state index contributed by atoms with van der Waals surface area (Å²) in [5, 5.41) is 0. The highest BCUT2D eigenvalue weighted by molar-refractivity contribution is 9.10. The summed E-state index contributed by atoms with van der Waals surface area (Å²) in [6.07, 6.45) is 1.69. The molecule has 0 aliphatic carbocycles. The molecule has 0 amide bonds. The topological polar surface area (TPSA) is 54.1 Å². The lowest BCUT2D eigenvalue weighted by molar-refractivity contribution is 0.551. The fraction of sp³-hybridized carbons (Fsp3) is 0.455. The van der Waals surface area contributed by atoms with Crippen molar-refractivity contribution in [2.24, 2.45) is 0 Å². The molecule has 0 spiro atoms. The van der Waals surface area contributed by atoms with Gasteiger partial charge in [-0.2, -0.15) is 0 Å². The molecule has 1 aromatic heterocycles. The first-order valence-electron chi connectivity index (χ1n) is 6.51. The Morgan fingerprint density at radius 1 is 1.30 bits per heavy atom. The third-order valence-corrected chi connectivity index (χ3v) is 4.03. The van der Waals surface area contributed by atoms with Crippen LogP contribution in [-0.2, 0) is 9.31 Å². The first-order chi connectivity index (χ1) is 9.44. The number of halogens is 1. The number of anilines is 1. The number of nitrogens with zero attached hydrogens (tertiary/aromatic N) is 3. The summed E-state index contributed by atoms with van der Waals surface area (Å²) in [4.78, 5) is 8.94. The van der Waals surface area contributed by atoms with E-state index in [0.29, 0.717) is 23.3 Å². The fourth-order valence-corrected chi connectivity index (χ4v) is 2.52. The maximum Gasteiger partial charge on any atom is 0.431 e. The molecule has 2 aliphatic heterocycles. The van der Waals surface area contributed by atoms with Gasteiger partial charge in [0.25, 0.3) is 0 Å². The van der Waals surface area contributed by atoms with Gasteiger partial charge in [-0.1, -0.05) is 25.6 Å². The Balaban J connectivity index is 1.98. The zero-order valence-corrected chi connectivity index (χ0v) is 14.3. The minimum Gasteiger partial charge on any atom is -0.418 e. The van der Waals surface area contributed by atoms with E-state index >= 15 is 0 Å². The standard InChI is InChI=1S/C11H14B2BrN3O2Si/c1-20(2,3)5-4-9-11(15-6-10(14)16-9)17(12-7-18-12)13-8-19-13/h6H,7-8H2,1-3H3. The van der Waals surface area contributed by atoms with Gasteiger partial charge < -0.3 is 14.0 Å². The van der Waals surface area contributed by atoms with Crippen molar-refractivity contribution in [3.63, 3.8) is 0 Å². The van der Waals surface area contributed by atoms with E-state index in [1.54, 1.807) is 6.20 Å². The van der Waals surface area contributed by atoms with Crippen LogP contribution in [0.15, 0.2) is 10.8 Å². The third-order valence-electron chi connectivity index (χ3n) is 2.78. The first kappa shape index (κ1) is 14.1. The highest BCUT2D eigenvalue weighted by Crippen LogP contribution is 2.28. The fourth-order valence-electron chi connectivity index (χ4n) is 1.75. The van der Waals surface area contributed by atoms with Crippen LogP contribution in [0, 0.1) is 11.5 Å². The van der Waals surface area contributed by atoms with Crippen molar-refractivity contribution in [2.45, 2.75) is 19.6 Å². The molecular formula is C11H14B2BrN3O2Si. The zero-order chi connectivity index (χ0) is 14.3. The molecule has 2 aliphatic rings. The van der Waals surface area contributed by atoms with Crippen LogP contribution >= 0.6 is 15.9 Å². The van der Waals surface area contributed by atoms with Crippen LogP contribution in [0.25, 0.3) is 0 Å². The normalized spacial score (nSPS) is 16.6. The van der Waals surface area contributed by atoms with Crippen LogP contribution in [0.1, 0.15) is 5.69 Å². The third kappa shape index (κ3) is 3.44. The zero-order valence-electron chi connectivity index (χ0n) is 11.7. The van der Waals surface area contributed by atoms with Crippen molar-refractivity contribution in [2.75, 3.05) is 17.7 Å². The van der Waals surface area contributed by atoms with Crippen molar-refractivity contribution in [3.05, 3.63) is 16.5 Å². The lowest BCUT2D eigenvalue weighted by Gasteiger charge is -2.18. The van der Waals surface area contributed by atoms with Gasteiger partial charge in [0.1, 0.15) is 18.5 Å². The smallest absolute Gasteiger partial charge is 0.418 e. The van der Waals surface area contributed by atoms with Gasteiger partial charge in [-0.15, -0.1) is 5.54 Å². The predicted molar refractivity (Wildman–Crippen MR) is 85.8 cm³/mol. The van der Waals surface area contributed by atoms with Gasteiger partial charge in [0.15, 0.2) is 5.69 Å². The van der Waals surface area contributed by atoms with Gasteiger partial charge in [0.05, 0.1) is 19.2 Å². The summed E-state index contributed by atoms with van der Waals surface area (Å²) in [6.45, 7) is 8.03. The summed E-state index contributed by atoms with van der Waals surface area (Å²) in [5.74, 6) is 3.95. The molecule has 2 fully saturated rings. The van der Waals surface area contributed by atoms with Crippen molar-refractivity contribution in [1.29, 1.82) is 0 Å². The first-order valence-corrected chi connectivity index (χ1v) is 10.8. The Hall–Kier alpha value is -0.813. The number of hydrogen-bond donors (Lipinski definition) is 0. The van der Waals surface area contributed by atoms with E-state index < -0.39 is 8.07 Å². The number of aromatic nitrogens is 2. The van der Waals surface area contributed by atoms with E-state index in [2.05, 4.69) is 57.0 Å². The van der Waals surface area contributed by atoms with Gasteiger partial charge in [-0.3, -0.25) is 0 Å². The van der Waals surface area contributed by atoms with E-state index in [9.17, 15) is 0 Å². The van der Waals surface area contributed by atoms with Gasteiger partial charge >= 0.3 is 14.1 Å². The van der Waals surface area contributed by atoms with Crippen molar-refractivity contribution < 1.29 is 9.31 Å². The lowest BCUT2D eigenvalue weighted by Crippen LogP contribution is -2.38. The lowest BCUT2D eigenvalue weighted by atomic mass is 9.76. The molecule has 2 saturated heterocycles. The summed E-state index contributed by atoms with van der Waals surface area (Å²) in [7, 11) is -1.37. The van der Waals surface area contributed by atoms with Gasteiger partial charge in [0.2, 0.25) is 0 Å². The monoisotopic (exact) mass is 349 g/mol. The van der Waals surface area contributed by atoms with Crippen LogP contribution in [0.5, 0.6) is 0 Å². The number of rotatable bonds is 3. The highest BCUT2D eigenvalue weighted by Gasteiger charge is 2.51. The van der Waals surface area contributed by atoms with Crippen LogP contribution in [0.2, 0.25) is 19.6 Å². The molecule has 0 unspecified atom stereocenters. The molecule has 9 heteroatoms. The van der Waals surface area contributed by atoms with E-state index in [0.717, 1.165) is 5.82 Å². The summed E-state index contributed by atoms with van der Waals surface area (Å²) >= 11 is 3.36. The maximum absolute atomic E-state index is 5.38. The SMILES string of the molecule is C[Si](C)(C)C#Cc1nc(Br)cnc1N(B1CO1)B1CO1. The number of hydrogen-bond acceptors (Lipinski definition) is 5. The summed E-state index contributed by atoms with van der Waals surface area (Å²) < 4.78 is 13.5. The highest BCUT2D eigenvalue weighted by atomic mass is 79.9. The molecular weight excluding hydrogens is 336 g/mol. The minimum atomic E-state index is -1.46. The van der Waals surface area contributed by atoms with Gasteiger partial charge in [-0.25, -0.2) is 9.97 Å². The molecule has 5 nitrogen and oxygen atoms in total. The molecule has 1 aromatic rings. The van der Waals surface area contributed by atoms with Crippen molar-refractivity contribution in [3.8, 4) is 11.5 Å². The van der Waals surface area contributed by atoms with Crippen LogP contribution in [0.4, 0.5) is 5.82 Å². The van der Waals surface area contributed by atoms with Crippen molar-refractivity contribution in [1.82, 2.24) is 9.97 Å². The molecule has 3 heterocycles. The van der Waals surface area contributed by atoms with E-state index in [1.165, 1.54) is 0 Å². The second kappa shape index (κ2) is 5.19. The maximum atomic E-state index is 5.38. The quantitative estimate of drug-likeness (QED) is 0.469. The molecule has 20 heavy (non-hydrogen) atoms. The summed E-state index contributed by atoms with van der Waals surface area (Å²) in [5.41, 5.74) is 4.02. The molecule has 0 atom stereocenters. The molecule has 3 rings (SSSR count). The Bertz CT molecular complexity index is 582. The molecule has 0 radical (unpaired) electrons. The largest absolute Gasteiger partial charge is 0.431 e. The van der Waals surface area contributed by atoms with Crippen LogP contribution in [0.3, 0.4) is 0 Å². The second-order valence-corrected chi connectivity index (χ2v) is 11.4. The molecule has 0 N–H and O–H groups in total. The predicted octanol–water partition coefficient (Wildman–Crippen LogP) is 1.39. The molecule has 0 saturated carbocycles. The van der Waals surface area contributed by atoms with E-state index in [-0.39, 0.29) is 14.1 Å². The average Bonchev–Trinajstić information content (AvgIpc) is 3.22. The molecule has 0 aromatic carbocycles. The second-order valence-electron chi connectivity index (χ2n) is 5.85. The molecule has 0 bridgehead atoms.